The number of nitrogens with zero attached hydrogens (tertiary/aromatic N) is 1. The van der Waals surface area contributed by atoms with Crippen LogP contribution in [0, 0.1) is 0 Å². The topological polar surface area (TPSA) is 80.2 Å². The molecule has 6 heteroatoms. The van der Waals surface area contributed by atoms with Gasteiger partial charge in [0.05, 0.1) is 20.4 Å². The highest BCUT2D eigenvalue weighted by Crippen LogP contribution is 2.26. The van der Waals surface area contributed by atoms with Gasteiger partial charge in [-0.1, -0.05) is 30.3 Å². The van der Waals surface area contributed by atoms with Gasteiger partial charge in [-0.3, -0.25) is 4.79 Å². The van der Waals surface area contributed by atoms with Crippen LogP contribution >= 0.6 is 0 Å². The van der Waals surface area contributed by atoms with Gasteiger partial charge in [0.2, 0.25) is 0 Å². The van der Waals surface area contributed by atoms with Crippen molar-refractivity contribution >= 4 is 12.1 Å². The van der Waals surface area contributed by atoms with E-state index in [2.05, 4.69) is 10.5 Å². The highest BCUT2D eigenvalue weighted by molar-refractivity contribution is 5.85. The Morgan fingerprint density at radius 3 is 2.48 bits per heavy atom. The minimum Gasteiger partial charge on any atom is -0.493 e. The monoisotopic (exact) mass is 314 g/mol. The van der Waals surface area contributed by atoms with Crippen molar-refractivity contribution in [1.29, 1.82) is 0 Å². The SMILES string of the molecule is COc1ccc(/C=N\NC(=O)[C@@H](O)c2ccccc2)cc1OC. The molecule has 2 aromatic rings. The largest absolute Gasteiger partial charge is 0.493 e. The molecule has 1 amide bonds. The summed E-state index contributed by atoms with van der Waals surface area (Å²) in [7, 11) is 3.09. The molecule has 0 spiro atoms. The minimum absolute atomic E-state index is 0.506. The Kier molecular flexibility index (Phi) is 5.71. The fourth-order valence-electron chi connectivity index (χ4n) is 1.95. The number of hydrazone groups is 1. The van der Waals surface area contributed by atoms with Gasteiger partial charge in [-0.05, 0) is 29.3 Å². The number of hydrogen-bond donors (Lipinski definition) is 2. The number of carbonyl (C=O) groups is 1. The zero-order valence-electron chi connectivity index (χ0n) is 12.9. The predicted octanol–water partition coefficient (Wildman–Crippen LogP) is 1.89. The van der Waals surface area contributed by atoms with Gasteiger partial charge in [-0.2, -0.15) is 5.10 Å². The number of rotatable bonds is 6. The van der Waals surface area contributed by atoms with Crippen molar-refractivity contribution in [3.63, 3.8) is 0 Å². The normalized spacial score (nSPS) is 12.0. The van der Waals surface area contributed by atoms with Crippen molar-refractivity contribution in [3.8, 4) is 11.5 Å². The summed E-state index contributed by atoms with van der Waals surface area (Å²) in [6.07, 6.45) is 0.191. The van der Waals surface area contributed by atoms with Gasteiger partial charge < -0.3 is 14.6 Å². The first kappa shape index (κ1) is 16.5. The molecule has 1 atom stereocenters. The third kappa shape index (κ3) is 4.31. The Labute approximate surface area is 134 Å². The molecule has 0 heterocycles. The van der Waals surface area contributed by atoms with E-state index in [4.69, 9.17) is 9.47 Å². The number of carbonyl (C=O) groups excluding carboxylic acids is 1. The predicted molar refractivity (Wildman–Crippen MR) is 86.7 cm³/mol. The number of aliphatic hydroxyl groups excluding tert-OH is 1. The molecular formula is C17H18N2O4. The van der Waals surface area contributed by atoms with E-state index in [-0.39, 0.29) is 0 Å². The summed E-state index contributed by atoms with van der Waals surface area (Å²) in [5, 5.41) is 13.8. The smallest absolute Gasteiger partial charge is 0.273 e. The third-order valence-electron chi connectivity index (χ3n) is 3.16. The molecule has 0 fully saturated rings. The van der Waals surface area contributed by atoms with E-state index in [1.54, 1.807) is 49.6 Å². The second-order valence-corrected chi connectivity index (χ2v) is 4.66. The van der Waals surface area contributed by atoms with Crippen LogP contribution in [-0.2, 0) is 4.79 Å². The molecule has 0 aliphatic rings. The average molecular weight is 314 g/mol. The maximum absolute atomic E-state index is 11.8. The number of methoxy groups -OCH3 is 2. The Bertz CT molecular complexity index is 686. The van der Waals surface area contributed by atoms with Crippen molar-refractivity contribution in [2.45, 2.75) is 6.10 Å². The number of ether oxygens (including phenoxy) is 2. The molecule has 0 unspecified atom stereocenters. The highest BCUT2D eigenvalue weighted by Gasteiger charge is 2.15. The number of aliphatic hydroxyl groups is 1. The van der Waals surface area contributed by atoms with Gasteiger partial charge in [-0.15, -0.1) is 0 Å². The van der Waals surface area contributed by atoms with Crippen LogP contribution in [0.15, 0.2) is 53.6 Å². The molecule has 0 saturated carbocycles. The van der Waals surface area contributed by atoms with Crippen LogP contribution in [0.1, 0.15) is 17.2 Å². The highest BCUT2D eigenvalue weighted by atomic mass is 16.5. The maximum atomic E-state index is 11.8. The molecule has 2 aromatic carbocycles. The fourth-order valence-corrected chi connectivity index (χ4v) is 1.95. The molecule has 2 N–H and O–H groups in total. The van der Waals surface area contributed by atoms with Gasteiger partial charge >= 0.3 is 0 Å². The van der Waals surface area contributed by atoms with Crippen LogP contribution in [-0.4, -0.2) is 31.4 Å². The first-order chi connectivity index (χ1) is 11.2. The number of nitrogens with one attached hydrogen (secondary N) is 1. The van der Waals surface area contributed by atoms with Gasteiger partial charge in [0.15, 0.2) is 17.6 Å². The molecular weight excluding hydrogens is 296 g/mol. The van der Waals surface area contributed by atoms with Crippen molar-refractivity contribution in [1.82, 2.24) is 5.43 Å². The van der Waals surface area contributed by atoms with Crippen LogP contribution in [0.2, 0.25) is 0 Å². The summed E-state index contributed by atoms with van der Waals surface area (Å²) in [4.78, 5) is 11.8. The van der Waals surface area contributed by atoms with Gasteiger partial charge in [0, 0.05) is 0 Å². The van der Waals surface area contributed by atoms with Gasteiger partial charge in [0.25, 0.3) is 5.91 Å². The van der Waals surface area contributed by atoms with Crippen molar-refractivity contribution in [2.75, 3.05) is 14.2 Å². The van der Waals surface area contributed by atoms with Gasteiger partial charge in [-0.25, -0.2) is 5.43 Å². The summed E-state index contributed by atoms with van der Waals surface area (Å²) in [5.41, 5.74) is 3.53. The Balaban J connectivity index is 2.00. The summed E-state index contributed by atoms with van der Waals surface area (Å²) < 4.78 is 10.3. The molecule has 0 aliphatic carbocycles. The van der Waals surface area contributed by atoms with E-state index in [1.165, 1.54) is 13.3 Å². The molecule has 0 radical (unpaired) electrons. The zero-order valence-corrected chi connectivity index (χ0v) is 12.9. The molecule has 120 valence electrons. The number of amides is 1. The van der Waals surface area contributed by atoms with Crippen LogP contribution in [0.4, 0.5) is 0 Å². The molecule has 0 aromatic heterocycles. The lowest BCUT2D eigenvalue weighted by Gasteiger charge is -2.09. The van der Waals surface area contributed by atoms with Crippen molar-refractivity contribution in [2.24, 2.45) is 5.10 Å². The van der Waals surface area contributed by atoms with Crippen LogP contribution in [0.3, 0.4) is 0 Å². The Hall–Kier alpha value is -2.86. The molecule has 23 heavy (non-hydrogen) atoms. The molecule has 0 saturated heterocycles. The molecule has 0 bridgehead atoms. The summed E-state index contributed by atoms with van der Waals surface area (Å²) >= 11 is 0. The third-order valence-corrected chi connectivity index (χ3v) is 3.16. The lowest BCUT2D eigenvalue weighted by Crippen LogP contribution is -2.25. The van der Waals surface area contributed by atoms with Crippen LogP contribution < -0.4 is 14.9 Å². The zero-order chi connectivity index (χ0) is 16.7. The number of hydrogen-bond acceptors (Lipinski definition) is 5. The maximum Gasteiger partial charge on any atom is 0.273 e. The first-order valence-corrected chi connectivity index (χ1v) is 6.93. The second kappa shape index (κ2) is 7.95. The molecule has 6 nitrogen and oxygen atoms in total. The van der Waals surface area contributed by atoms with E-state index in [0.717, 1.165) is 5.56 Å². The van der Waals surface area contributed by atoms with Crippen LogP contribution in [0.25, 0.3) is 0 Å². The van der Waals surface area contributed by atoms with E-state index < -0.39 is 12.0 Å². The van der Waals surface area contributed by atoms with Crippen molar-refractivity contribution < 1.29 is 19.4 Å². The quantitative estimate of drug-likeness (QED) is 0.630. The number of benzene rings is 2. The lowest BCUT2D eigenvalue weighted by atomic mass is 10.1. The summed E-state index contributed by atoms with van der Waals surface area (Å²) in [6.45, 7) is 0. The Morgan fingerprint density at radius 2 is 1.83 bits per heavy atom. The fraction of sp³-hybridized carbons (Fsp3) is 0.176. The first-order valence-electron chi connectivity index (χ1n) is 6.93. The van der Waals surface area contributed by atoms with E-state index in [0.29, 0.717) is 17.1 Å². The van der Waals surface area contributed by atoms with E-state index >= 15 is 0 Å². The van der Waals surface area contributed by atoms with Gasteiger partial charge in [0.1, 0.15) is 0 Å². The van der Waals surface area contributed by atoms with Crippen LogP contribution in [0.5, 0.6) is 11.5 Å². The minimum atomic E-state index is -1.27. The standard InChI is InChI=1S/C17H18N2O4/c1-22-14-9-8-12(10-15(14)23-2)11-18-19-17(21)16(20)13-6-4-3-5-7-13/h3-11,16,20H,1-2H3,(H,19,21)/b18-11-/t16-/m0/s1. The molecule has 0 aliphatic heterocycles. The second-order valence-electron chi connectivity index (χ2n) is 4.66. The van der Waals surface area contributed by atoms with E-state index in [9.17, 15) is 9.90 Å². The molecule has 2 rings (SSSR count). The van der Waals surface area contributed by atoms with E-state index in [1.807, 2.05) is 6.07 Å². The lowest BCUT2D eigenvalue weighted by molar-refractivity contribution is -0.129. The summed E-state index contributed by atoms with van der Waals surface area (Å²) in [6, 6.07) is 13.9. The average Bonchev–Trinajstić information content (AvgIpc) is 2.61. The Morgan fingerprint density at radius 1 is 1.13 bits per heavy atom. The summed E-state index contributed by atoms with van der Waals surface area (Å²) in [5.74, 6) is 0.563. The van der Waals surface area contributed by atoms with Crippen molar-refractivity contribution in [3.05, 3.63) is 59.7 Å².